The van der Waals surface area contributed by atoms with Gasteiger partial charge in [-0.15, -0.1) is 0 Å². The fourth-order valence-electron chi connectivity index (χ4n) is 2.40. The lowest BCUT2D eigenvalue weighted by Crippen LogP contribution is -2.23. The second-order valence-electron chi connectivity index (χ2n) is 5.69. The lowest BCUT2D eigenvalue weighted by molar-refractivity contribution is 0.0673. The number of benzene rings is 1. The van der Waals surface area contributed by atoms with Crippen molar-refractivity contribution in [2.75, 3.05) is 13.2 Å². The van der Waals surface area contributed by atoms with Gasteiger partial charge in [0.05, 0.1) is 6.10 Å². The van der Waals surface area contributed by atoms with E-state index in [9.17, 15) is 0 Å². The molecule has 20 heavy (non-hydrogen) atoms. The lowest BCUT2D eigenvalue weighted by Gasteiger charge is -2.18. The van der Waals surface area contributed by atoms with Crippen molar-refractivity contribution >= 4 is 15.9 Å². The van der Waals surface area contributed by atoms with E-state index in [0.717, 1.165) is 41.8 Å². The van der Waals surface area contributed by atoms with Crippen molar-refractivity contribution in [3.8, 4) is 5.75 Å². The van der Waals surface area contributed by atoms with E-state index in [0.29, 0.717) is 12.6 Å². The van der Waals surface area contributed by atoms with Gasteiger partial charge in [0.2, 0.25) is 0 Å². The molecule has 4 heteroatoms. The van der Waals surface area contributed by atoms with Crippen molar-refractivity contribution in [1.29, 1.82) is 0 Å². The summed E-state index contributed by atoms with van der Waals surface area (Å²) in [6, 6.07) is 4.69. The summed E-state index contributed by atoms with van der Waals surface area (Å²) < 4.78 is 12.8. The Kier molecular flexibility index (Phi) is 5.87. The maximum absolute atomic E-state index is 6.05. The Morgan fingerprint density at radius 1 is 1.45 bits per heavy atom. The molecule has 1 aliphatic heterocycles. The van der Waals surface area contributed by atoms with Crippen molar-refractivity contribution < 1.29 is 9.47 Å². The molecule has 1 N–H and O–H groups in total. The summed E-state index contributed by atoms with van der Waals surface area (Å²) in [7, 11) is 0. The van der Waals surface area contributed by atoms with Crippen molar-refractivity contribution in [1.82, 2.24) is 5.32 Å². The van der Waals surface area contributed by atoms with Gasteiger partial charge in [0.15, 0.2) is 0 Å². The smallest absolute Gasteiger partial charge is 0.126 e. The van der Waals surface area contributed by atoms with Crippen molar-refractivity contribution in [2.45, 2.75) is 52.3 Å². The van der Waals surface area contributed by atoms with E-state index < -0.39 is 0 Å². The van der Waals surface area contributed by atoms with Crippen LogP contribution >= 0.6 is 15.9 Å². The molecule has 1 fully saturated rings. The van der Waals surface area contributed by atoms with Gasteiger partial charge in [0, 0.05) is 29.2 Å². The highest BCUT2D eigenvalue weighted by molar-refractivity contribution is 9.10. The minimum absolute atomic E-state index is 0.254. The predicted octanol–water partition coefficient (Wildman–Crippen LogP) is 3.81. The van der Waals surface area contributed by atoms with Gasteiger partial charge in [-0.2, -0.15) is 0 Å². The van der Waals surface area contributed by atoms with Gasteiger partial charge in [-0.25, -0.2) is 0 Å². The van der Waals surface area contributed by atoms with Gasteiger partial charge in [-0.05, 0) is 37.5 Å². The van der Waals surface area contributed by atoms with E-state index >= 15 is 0 Å². The third-order valence-electron chi connectivity index (χ3n) is 3.45. The fraction of sp³-hybridized carbons (Fsp3) is 0.625. The van der Waals surface area contributed by atoms with Crippen LogP contribution < -0.4 is 10.1 Å². The molecule has 1 saturated heterocycles. The number of nitrogens with one attached hydrogen (secondary N) is 1. The summed E-state index contributed by atoms with van der Waals surface area (Å²) >= 11 is 3.56. The number of aryl methyl sites for hydroxylation is 1. The van der Waals surface area contributed by atoms with Gasteiger partial charge in [0.25, 0.3) is 0 Å². The van der Waals surface area contributed by atoms with E-state index in [1.54, 1.807) is 0 Å². The average molecular weight is 342 g/mol. The molecule has 1 aliphatic rings. The molecule has 0 amide bonds. The Morgan fingerprint density at radius 2 is 2.25 bits per heavy atom. The molecule has 1 unspecified atom stereocenters. The van der Waals surface area contributed by atoms with Gasteiger partial charge in [-0.3, -0.25) is 0 Å². The summed E-state index contributed by atoms with van der Waals surface area (Å²) in [4.78, 5) is 0. The molecule has 1 heterocycles. The molecule has 2 rings (SSSR count). The van der Waals surface area contributed by atoms with E-state index in [4.69, 9.17) is 9.47 Å². The summed E-state index contributed by atoms with van der Waals surface area (Å²) in [5.74, 6) is 0.997. The molecule has 0 spiro atoms. The van der Waals surface area contributed by atoms with Crippen molar-refractivity contribution in [3.05, 3.63) is 27.7 Å². The fourth-order valence-corrected chi connectivity index (χ4v) is 3.02. The van der Waals surface area contributed by atoms with Gasteiger partial charge < -0.3 is 14.8 Å². The van der Waals surface area contributed by atoms with Crippen LogP contribution in [0.1, 0.15) is 37.8 Å². The maximum Gasteiger partial charge on any atom is 0.126 e. The van der Waals surface area contributed by atoms with Gasteiger partial charge in [0.1, 0.15) is 12.4 Å². The molecule has 0 saturated carbocycles. The van der Waals surface area contributed by atoms with E-state index in [1.165, 1.54) is 5.56 Å². The van der Waals surface area contributed by atoms with Crippen LogP contribution in [0, 0.1) is 6.92 Å². The predicted molar refractivity (Wildman–Crippen MR) is 85.3 cm³/mol. The SMILES string of the molecule is Cc1cc(Br)cc(CNC(C)C)c1OCC1CCCO1. The molecule has 1 aromatic rings. The zero-order valence-corrected chi connectivity index (χ0v) is 14.1. The lowest BCUT2D eigenvalue weighted by atomic mass is 10.1. The summed E-state index contributed by atoms with van der Waals surface area (Å²) in [6.07, 6.45) is 2.51. The summed E-state index contributed by atoms with van der Waals surface area (Å²) in [5.41, 5.74) is 2.36. The molecular weight excluding hydrogens is 318 g/mol. The molecule has 0 radical (unpaired) electrons. The highest BCUT2D eigenvalue weighted by atomic mass is 79.9. The molecule has 0 aromatic heterocycles. The number of ether oxygens (including phenoxy) is 2. The van der Waals surface area contributed by atoms with Gasteiger partial charge in [-0.1, -0.05) is 29.8 Å². The molecule has 3 nitrogen and oxygen atoms in total. The molecule has 112 valence electrons. The third kappa shape index (κ3) is 4.47. The van der Waals surface area contributed by atoms with Crippen LogP contribution in [0.5, 0.6) is 5.75 Å². The topological polar surface area (TPSA) is 30.5 Å². The van der Waals surface area contributed by atoms with Crippen LogP contribution in [0.15, 0.2) is 16.6 Å². The number of halogens is 1. The Hall–Kier alpha value is -0.580. The summed E-state index contributed by atoms with van der Waals surface area (Å²) in [6.45, 7) is 8.73. The minimum Gasteiger partial charge on any atom is -0.490 e. The normalized spacial score (nSPS) is 18.8. The summed E-state index contributed by atoms with van der Waals surface area (Å²) in [5, 5.41) is 3.45. The quantitative estimate of drug-likeness (QED) is 0.853. The van der Waals surface area contributed by atoms with E-state index in [-0.39, 0.29) is 6.10 Å². The van der Waals surface area contributed by atoms with E-state index in [1.807, 2.05) is 0 Å². The Balaban J connectivity index is 2.07. The van der Waals surface area contributed by atoms with E-state index in [2.05, 4.69) is 54.2 Å². The van der Waals surface area contributed by atoms with Crippen molar-refractivity contribution in [3.63, 3.8) is 0 Å². The molecule has 1 atom stereocenters. The van der Waals surface area contributed by atoms with Crippen LogP contribution in [-0.4, -0.2) is 25.4 Å². The standard InChI is InChI=1S/C16H24BrNO2/c1-11(2)18-9-13-8-14(17)7-12(3)16(13)20-10-15-5-4-6-19-15/h7-8,11,15,18H,4-6,9-10H2,1-3H3. The number of hydrogen-bond donors (Lipinski definition) is 1. The first-order valence-corrected chi connectivity index (χ1v) is 8.12. The van der Waals surface area contributed by atoms with Crippen LogP contribution in [0.2, 0.25) is 0 Å². The minimum atomic E-state index is 0.254. The first kappa shape index (κ1) is 15.8. The van der Waals surface area contributed by atoms with Crippen molar-refractivity contribution in [2.24, 2.45) is 0 Å². The second-order valence-corrected chi connectivity index (χ2v) is 6.61. The third-order valence-corrected chi connectivity index (χ3v) is 3.91. The molecule has 1 aromatic carbocycles. The Morgan fingerprint density at radius 3 is 2.90 bits per heavy atom. The molecule has 0 bridgehead atoms. The maximum atomic E-state index is 6.05. The molecule has 0 aliphatic carbocycles. The number of hydrogen-bond acceptors (Lipinski definition) is 3. The largest absolute Gasteiger partial charge is 0.490 e. The van der Waals surface area contributed by atoms with Crippen LogP contribution in [-0.2, 0) is 11.3 Å². The van der Waals surface area contributed by atoms with Crippen LogP contribution in [0.4, 0.5) is 0 Å². The second kappa shape index (κ2) is 7.43. The monoisotopic (exact) mass is 341 g/mol. The first-order valence-electron chi connectivity index (χ1n) is 7.33. The van der Waals surface area contributed by atoms with Gasteiger partial charge >= 0.3 is 0 Å². The zero-order chi connectivity index (χ0) is 14.5. The Bertz CT molecular complexity index is 442. The average Bonchev–Trinajstić information content (AvgIpc) is 2.88. The number of rotatable bonds is 6. The van der Waals surface area contributed by atoms with Crippen LogP contribution in [0.25, 0.3) is 0 Å². The zero-order valence-electron chi connectivity index (χ0n) is 12.5. The highest BCUT2D eigenvalue weighted by Crippen LogP contribution is 2.29. The highest BCUT2D eigenvalue weighted by Gasteiger charge is 2.18. The molecular formula is C16H24BrNO2. The Labute approximate surface area is 130 Å². The van der Waals surface area contributed by atoms with Crippen LogP contribution in [0.3, 0.4) is 0 Å². The first-order chi connectivity index (χ1) is 9.56.